The third-order valence-electron chi connectivity index (χ3n) is 3.74. The van der Waals surface area contributed by atoms with Gasteiger partial charge >= 0.3 is 6.18 Å². The number of hydrogen-bond donors (Lipinski definition) is 0. The molecule has 0 atom stereocenters. The standard InChI is InChI=1S/C18H16F3N3O/c1-11(2)12(3)23-24-15(13-8-6-5-7-9-13)10-14(18(19,20)21)16(22-4)17(24)25/h5-11H,1-3H3/b23-12+. The van der Waals surface area contributed by atoms with Gasteiger partial charge in [0.2, 0.25) is 0 Å². The van der Waals surface area contributed by atoms with Crippen molar-refractivity contribution in [2.24, 2.45) is 11.0 Å². The Bertz CT molecular complexity index is 904. The molecule has 1 aromatic carbocycles. The summed E-state index contributed by atoms with van der Waals surface area (Å²) in [6.07, 6.45) is -4.81. The van der Waals surface area contributed by atoms with Crippen molar-refractivity contribution in [3.63, 3.8) is 0 Å². The van der Waals surface area contributed by atoms with Crippen LogP contribution in [0, 0.1) is 12.5 Å². The SMILES string of the molecule is [C-]#[N+]c1c(C(F)(F)F)cc(-c2ccccc2)n(/N=C(\C)C(C)C)c1=O. The minimum atomic E-state index is -4.81. The Morgan fingerprint density at radius 2 is 1.84 bits per heavy atom. The van der Waals surface area contributed by atoms with Crippen molar-refractivity contribution >= 4 is 11.4 Å². The van der Waals surface area contributed by atoms with E-state index in [2.05, 4.69) is 9.95 Å². The maximum absolute atomic E-state index is 13.3. The summed E-state index contributed by atoms with van der Waals surface area (Å²) < 4.78 is 40.8. The summed E-state index contributed by atoms with van der Waals surface area (Å²) >= 11 is 0. The molecule has 2 rings (SSSR count). The summed E-state index contributed by atoms with van der Waals surface area (Å²) in [6, 6.07) is 9.00. The van der Waals surface area contributed by atoms with E-state index in [-0.39, 0.29) is 11.6 Å². The topological polar surface area (TPSA) is 38.7 Å². The first-order chi connectivity index (χ1) is 11.7. The molecule has 4 nitrogen and oxygen atoms in total. The molecule has 0 amide bonds. The Morgan fingerprint density at radius 3 is 2.32 bits per heavy atom. The van der Waals surface area contributed by atoms with Crippen molar-refractivity contribution in [1.82, 2.24) is 4.68 Å². The van der Waals surface area contributed by atoms with Crippen LogP contribution in [0.3, 0.4) is 0 Å². The van der Waals surface area contributed by atoms with Gasteiger partial charge in [0.05, 0.1) is 17.8 Å². The second-order valence-corrected chi connectivity index (χ2v) is 5.78. The van der Waals surface area contributed by atoms with Crippen LogP contribution in [0.15, 0.2) is 46.3 Å². The van der Waals surface area contributed by atoms with Gasteiger partial charge in [0.25, 0.3) is 11.2 Å². The first-order valence-electron chi connectivity index (χ1n) is 7.52. The van der Waals surface area contributed by atoms with Gasteiger partial charge in [-0.15, -0.1) is 0 Å². The fraction of sp³-hybridized carbons (Fsp3) is 0.278. The highest BCUT2D eigenvalue weighted by Gasteiger charge is 2.36. The average Bonchev–Trinajstić information content (AvgIpc) is 2.55. The number of hydrogen-bond acceptors (Lipinski definition) is 2. The van der Waals surface area contributed by atoms with Gasteiger partial charge in [-0.05, 0) is 18.9 Å². The Hall–Kier alpha value is -2.88. The van der Waals surface area contributed by atoms with Crippen LogP contribution < -0.4 is 5.56 Å². The lowest BCUT2D eigenvalue weighted by molar-refractivity contribution is -0.136. The molecule has 0 radical (unpaired) electrons. The maximum atomic E-state index is 13.3. The van der Waals surface area contributed by atoms with Gasteiger partial charge in [-0.25, -0.2) is 9.52 Å². The van der Waals surface area contributed by atoms with Crippen molar-refractivity contribution in [2.45, 2.75) is 26.9 Å². The highest BCUT2D eigenvalue weighted by atomic mass is 19.4. The van der Waals surface area contributed by atoms with Crippen LogP contribution in [0.2, 0.25) is 0 Å². The summed E-state index contributed by atoms with van der Waals surface area (Å²) in [6.45, 7) is 12.4. The fourth-order valence-corrected chi connectivity index (χ4v) is 2.10. The van der Waals surface area contributed by atoms with Crippen LogP contribution in [0.1, 0.15) is 26.3 Å². The zero-order chi connectivity index (χ0) is 18.8. The van der Waals surface area contributed by atoms with Crippen molar-refractivity contribution in [2.75, 3.05) is 0 Å². The van der Waals surface area contributed by atoms with Gasteiger partial charge in [-0.3, -0.25) is 4.79 Å². The molecule has 0 saturated carbocycles. The second kappa shape index (κ2) is 6.93. The third-order valence-corrected chi connectivity index (χ3v) is 3.74. The predicted molar refractivity (Wildman–Crippen MR) is 90.7 cm³/mol. The van der Waals surface area contributed by atoms with E-state index < -0.39 is 23.0 Å². The predicted octanol–water partition coefficient (Wildman–Crippen LogP) is 4.96. The van der Waals surface area contributed by atoms with Gasteiger partial charge in [0, 0.05) is 11.3 Å². The van der Waals surface area contributed by atoms with Crippen molar-refractivity contribution in [3.05, 3.63) is 63.7 Å². The minimum absolute atomic E-state index is 0.00536. The molecule has 0 N–H and O–H groups in total. The zero-order valence-corrected chi connectivity index (χ0v) is 13.9. The van der Waals surface area contributed by atoms with E-state index in [1.165, 1.54) is 0 Å². The number of halogens is 3. The summed E-state index contributed by atoms with van der Waals surface area (Å²) in [5.74, 6) is -0.00536. The highest BCUT2D eigenvalue weighted by Crippen LogP contribution is 2.37. The molecule has 0 spiro atoms. The maximum Gasteiger partial charge on any atom is 0.407 e. The van der Waals surface area contributed by atoms with Gasteiger partial charge in [-0.2, -0.15) is 18.3 Å². The highest BCUT2D eigenvalue weighted by molar-refractivity contribution is 5.84. The van der Waals surface area contributed by atoms with E-state index in [0.29, 0.717) is 11.3 Å². The van der Waals surface area contributed by atoms with E-state index in [1.54, 1.807) is 37.3 Å². The van der Waals surface area contributed by atoms with E-state index in [4.69, 9.17) is 6.57 Å². The van der Waals surface area contributed by atoms with E-state index >= 15 is 0 Å². The van der Waals surface area contributed by atoms with Crippen molar-refractivity contribution in [1.29, 1.82) is 0 Å². The second-order valence-electron chi connectivity index (χ2n) is 5.78. The van der Waals surface area contributed by atoms with E-state index in [1.807, 2.05) is 13.8 Å². The van der Waals surface area contributed by atoms with Crippen LogP contribution in [-0.4, -0.2) is 10.4 Å². The van der Waals surface area contributed by atoms with Crippen LogP contribution in [0.5, 0.6) is 0 Å². The number of nitrogens with zero attached hydrogens (tertiary/aromatic N) is 3. The van der Waals surface area contributed by atoms with Crippen molar-refractivity contribution in [3.8, 4) is 11.3 Å². The summed E-state index contributed by atoms with van der Waals surface area (Å²) in [4.78, 5) is 15.4. The minimum Gasteiger partial charge on any atom is -0.281 e. The molecular weight excluding hydrogens is 331 g/mol. The normalized spacial score (nSPS) is 12.3. The summed E-state index contributed by atoms with van der Waals surface area (Å²) in [5.41, 5.74) is -2.35. The van der Waals surface area contributed by atoms with Crippen LogP contribution in [0.4, 0.5) is 18.9 Å². The molecule has 0 aliphatic heterocycles. The number of aromatic nitrogens is 1. The molecule has 0 bridgehead atoms. The molecule has 130 valence electrons. The Kier molecular flexibility index (Phi) is 5.12. The molecular formula is C18H16F3N3O. The van der Waals surface area contributed by atoms with Crippen LogP contribution in [-0.2, 0) is 6.18 Å². The molecule has 2 aromatic rings. The monoisotopic (exact) mass is 347 g/mol. The molecule has 0 unspecified atom stereocenters. The molecule has 0 fully saturated rings. The largest absolute Gasteiger partial charge is 0.407 e. The first-order valence-corrected chi connectivity index (χ1v) is 7.52. The number of benzene rings is 1. The molecule has 7 heteroatoms. The Morgan fingerprint density at radius 1 is 1.24 bits per heavy atom. The lowest BCUT2D eigenvalue weighted by Gasteiger charge is -2.16. The number of rotatable bonds is 3. The third kappa shape index (κ3) is 3.79. The van der Waals surface area contributed by atoms with Crippen LogP contribution >= 0.6 is 0 Å². The molecule has 1 heterocycles. The van der Waals surface area contributed by atoms with Crippen LogP contribution in [0.25, 0.3) is 16.1 Å². The lowest BCUT2D eigenvalue weighted by Crippen LogP contribution is -2.23. The molecule has 25 heavy (non-hydrogen) atoms. The Balaban J connectivity index is 2.93. The van der Waals surface area contributed by atoms with E-state index in [9.17, 15) is 18.0 Å². The van der Waals surface area contributed by atoms with Gasteiger partial charge in [0.1, 0.15) is 0 Å². The smallest absolute Gasteiger partial charge is 0.281 e. The first kappa shape index (κ1) is 18.5. The van der Waals surface area contributed by atoms with Gasteiger partial charge in [-0.1, -0.05) is 44.2 Å². The molecule has 0 aliphatic carbocycles. The fourth-order valence-electron chi connectivity index (χ4n) is 2.10. The quantitative estimate of drug-likeness (QED) is 0.571. The van der Waals surface area contributed by atoms with E-state index in [0.717, 1.165) is 10.7 Å². The Labute approximate surface area is 143 Å². The molecule has 1 aromatic heterocycles. The van der Waals surface area contributed by atoms with Gasteiger partial charge in [0.15, 0.2) is 0 Å². The summed E-state index contributed by atoms with van der Waals surface area (Å²) in [5, 5.41) is 4.18. The van der Waals surface area contributed by atoms with Gasteiger partial charge < -0.3 is 0 Å². The summed E-state index contributed by atoms with van der Waals surface area (Å²) in [7, 11) is 0. The zero-order valence-electron chi connectivity index (χ0n) is 13.9. The average molecular weight is 347 g/mol. The lowest BCUT2D eigenvalue weighted by atomic mass is 10.1. The number of pyridine rings is 1. The molecule has 0 saturated heterocycles. The molecule has 0 aliphatic rings. The number of alkyl halides is 3. The van der Waals surface area contributed by atoms with Crippen molar-refractivity contribution < 1.29 is 13.2 Å².